The summed E-state index contributed by atoms with van der Waals surface area (Å²) in [5.74, 6) is 1.18. The van der Waals surface area contributed by atoms with Gasteiger partial charge in [0.25, 0.3) is 0 Å². The third-order valence-corrected chi connectivity index (χ3v) is 5.17. The number of carbonyl (C=O) groups is 1. The monoisotopic (exact) mass is 346 g/mol. The summed E-state index contributed by atoms with van der Waals surface area (Å²) in [6.07, 6.45) is 1.34. The lowest BCUT2D eigenvalue weighted by Gasteiger charge is -2.23. The molecule has 1 heterocycles. The molecule has 26 heavy (non-hydrogen) atoms. The molecule has 0 unspecified atom stereocenters. The Hall–Kier alpha value is -2.88. The van der Waals surface area contributed by atoms with Gasteiger partial charge in [-0.05, 0) is 56.0 Å². The molecule has 1 atom stereocenters. The van der Waals surface area contributed by atoms with Crippen LogP contribution in [0, 0.1) is 13.8 Å². The van der Waals surface area contributed by atoms with E-state index in [4.69, 9.17) is 4.74 Å². The van der Waals surface area contributed by atoms with Crippen molar-refractivity contribution in [1.29, 1.82) is 0 Å². The van der Waals surface area contributed by atoms with Gasteiger partial charge >= 0.3 is 0 Å². The number of methoxy groups -OCH3 is 1. The molecule has 2 aromatic carbocycles. The van der Waals surface area contributed by atoms with Gasteiger partial charge in [-0.1, -0.05) is 29.8 Å². The van der Waals surface area contributed by atoms with E-state index in [1.165, 1.54) is 11.1 Å². The van der Waals surface area contributed by atoms with E-state index in [1.54, 1.807) is 7.11 Å². The fourth-order valence-electron chi connectivity index (χ4n) is 3.77. The molecule has 1 aliphatic carbocycles. The largest absolute Gasteiger partial charge is 0.497 e. The molecule has 0 N–H and O–H groups in total. The van der Waals surface area contributed by atoms with Crippen LogP contribution < -0.4 is 4.74 Å². The van der Waals surface area contributed by atoms with E-state index >= 15 is 0 Å². The summed E-state index contributed by atoms with van der Waals surface area (Å²) in [7, 11) is 1.66. The van der Waals surface area contributed by atoms with Crippen LogP contribution in [0.15, 0.2) is 48.5 Å². The maximum atomic E-state index is 12.8. The highest BCUT2D eigenvalue weighted by Crippen LogP contribution is 2.35. The number of aromatic nitrogens is 2. The molecule has 0 spiro atoms. The van der Waals surface area contributed by atoms with Crippen molar-refractivity contribution < 1.29 is 9.53 Å². The second-order valence-electron chi connectivity index (χ2n) is 6.96. The van der Waals surface area contributed by atoms with E-state index in [1.807, 2.05) is 23.7 Å². The van der Waals surface area contributed by atoms with Crippen molar-refractivity contribution in [1.82, 2.24) is 9.78 Å². The van der Waals surface area contributed by atoms with Crippen LogP contribution in [0.4, 0.5) is 0 Å². The predicted octanol–water partition coefficient (Wildman–Crippen LogP) is 4.41. The molecular weight excluding hydrogens is 324 g/mol. The molecule has 0 amide bonds. The number of hydrogen-bond acceptors (Lipinski definition) is 3. The number of rotatable bonds is 3. The van der Waals surface area contributed by atoms with Crippen LogP contribution in [-0.4, -0.2) is 22.7 Å². The number of nitrogens with zero attached hydrogens (tertiary/aromatic N) is 2. The predicted molar refractivity (Wildman–Crippen MR) is 101 cm³/mol. The number of hydrogen-bond donors (Lipinski definition) is 0. The second kappa shape index (κ2) is 6.45. The highest BCUT2D eigenvalue weighted by molar-refractivity contribution is 6.00. The Balaban J connectivity index is 1.74. The summed E-state index contributed by atoms with van der Waals surface area (Å²) >= 11 is 0. The van der Waals surface area contributed by atoms with E-state index in [9.17, 15) is 4.79 Å². The van der Waals surface area contributed by atoms with Crippen molar-refractivity contribution in [2.24, 2.45) is 0 Å². The minimum atomic E-state index is 0.168. The first kappa shape index (κ1) is 16.6. The van der Waals surface area contributed by atoms with Crippen LogP contribution in [0.2, 0.25) is 0 Å². The molecule has 0 saturated carbocycles. The highest BCUT2D eigenvalue weighted by Gasteiger charge is 2.32. The molecule has 3 aromatic rings. The SMILES string of the molecule is COc1ccc([C@H]2CC(=O)c3c(C)nn(-c4ccc(C)cc4)c3C2)cc1. The maximum absolute atomic E-state index is 12.8. The first-order chi connectivity index (χ1) is 12.6. The van der Waals surface area contributed by atoms with Gasteiger partial charge in [0.2, 0.25) is 0 Å². The van der Waals surface area contributed by atoms with E-state index in [2.05, 4.69) is 48.4 Å². The number of benzene rings is 2. The van der Waals surface area contributed by atoms with Gasteiger partial charge in [-0.25, -0.2) is 4.68 Å². The molecular formula is C22H22N2O2. The van der Waals surface area contributed by atoms with Crippen LogP contribution in [0.3, 0.4) is 0 Å². The lowest BCUT2D eigenvalue weighted by Crippen LogP contribution is -2.20. The summed E-state index contributed by atoms with van der Waals surface area (Å²) < 4.78 is 7.18. The van der Waals surface area contributed by atoms with Crippen LogP contribution >= 0.6 is 0 Å². The fraction of sp³-hybridized carbons (Fsp3) is 0.273. The van der Waals surface area contributed by atoms with Gasteiger partial charge in [0.1, 0.15) is 5.75 Å². The van der Waals surface area contributed by atoms with E-state index in [0.29, 0.717) is 6.42 Å². The van der Waals surface area contributed by atoms with Gasteiger partial charge < -0.3 is 4.74 Å². The fourth-order valence-corrected chi connectivity index (χ4v) is 3.77. The quantitative estimate of drug-likeness (QED) is 0.705. The van der Waals surface area contributed by atoms with Gasteiger partial charge in [0.05, 0.1) is 29.7 Å². The van der Waals surface area contributed by atoms with Gasteiger partial charge in [-0.15, -0.1) is 0 Å². The Kier molecular flexibility index (Phi) is 4.11. The van der Waals surface area contributed by atoms with Crippen LogP contribution in [0.5, 0.6) is 5.75 Å². The normalized spacial score (nSPS) is 16.4. The van der Waals surface area contributed by atoms with Crippen molar-refractivity contribution in [3.05, 3.63) is 76.6 Å². The molecule has 0 aliphatic heterocycles. The first-order valence-corrected chi connectivity index (χ1v) is 8.89. The minimum absolute atomic E-state index is 0.168. The molecule has 0 fully saturated rings. The minimum Gasteiger partial charge on any atom is -0.497 e. The average molecular weight is 346 g/mol. The van der Waals surface area contributed by atoms with Crippen LogP contribution in [-0.2, 0) is 6.42 Å². The Morgan fingerprint density at radius 3 is 2.35 bits per heavy atom. The summed E-state index contributed by atoms with van der Waals surface area (Å²) in [6.45, 7) is 3.99. The average Bonchev–Trinajstić information content (AvgIpc) is 2.99. The number of ketones is 1. The van der Waals surface area contributed by atoms with E-state index in [0.717, 1.165) is 34.8 Å². The molecule has 132 valence electrons. The Morgan fingerprint density at radius 2 is 1.69 bits per heavy atom. The van der Waals surface area contributed by atoms with Crippen LogP contribution in [0.25, 0.3) is 5.69 Å². The lowest BCUT2D eigenvalue weighted by atomic mass is 9.81. The van der Waals surface area contributed by atoms with E-state index < -0.39 is 0 Å². The molecule has 4 heteroatoms. The lowest BCUT2D eigenvalue weighted by molar-refractivity contribution is 0.0963. The highest BCUT2D eigenvalue weighted by atomic mass is 16.5. The summed E-state index contributed by atoms with van der Waals surface area (Å²) in [6, 6.07) is 16.3. The molecule has 4 rings (SSSR count). The van der Waals surface area contributed by atoms with Crippen molar-refractivity contribution in [3.63, 3.8) is 0 Å². The molecule has 0 bridgehead atoms. The third kappa shape index (κ3) is 2.81. The summed E-state index contributed by atoms with van der Waals surface area (Å²) in [4.78, 5) is 12.8. The number of carbonyl (C=O) groups excluding carboxylic acids is 1. The molecule has 1 aliphatic rings. The zero-order chi connectivity index (χ0) is 18.3. The van der Waals surface area contributed by atoms with Crippen molar-refractivity contribution >= 4 is 5.78 Å². The van der Waals surface area contributed by atoms with Crippen LogP contribution in [0.1, 0.15) is 45.2 Å². The number of aryl methyl sites for hydroxylation is 2. The van der Waals surface area contributed by atoms with Gasteiger partial charge in [-0.2, -0.15) is 5.10 Å². The Labute approximate surface area is 153 Å². The summed E-state index contributed by atoms with van der Waals surface area (Å²) in [5, 5.41) is 4.67. The van der Waals surface area contributed by atoms with Crippen molar-refractivity contribution in [3.8, 4) is 11.4 Å². The van der Waals surface area contributed by atoms with Gasteiger partial charge in [0.15, 0.2) is 5.78 Å². The molecule has 0 radical (unpaired) electrons. The first-order valence-electron chi connectivity index (χ1n) is 8.89. The number of Topliss-reactive ketones (excluding diaryl/α,β-unsaturated/α-hetero) is 1. The number of fused-ring (bicyclic) bond motifs is 1. The van der Waals surface area contributed by atoms with E-state index in [-0.39, 0.29) is 11.7 Å². The number of ether oxygens (including phenoxy) is 1. The smallest absolute Gasteiger partial charge is 0.167 e. The Morgan fingerprint density at radius 1 is 1.00 bits per heavy atom. The van der Waals surface area contributed by atoms with Gasteiger partial charge in [-0.3, -0.25) is 4.79 Å². The zero-order valence-corrected chi connectivity index (χ0v) is 15.3. The van der Waals surface area contributed by atoms with Crippen molar-refractivity contribution in [2.45, 2.75) is 32.6 Å². The molecule has 4 nitrogen and oxygen atoms in total. The van der Waals surface area contributed by atoms with Crippen molar-refractivity contribution in [2.75, 3.05) is 7.11 Å². The summed E-state index contributed by atoms with van der Waals surface area (Å²) in [5.41, 5.74) is 6.01. The van der Waals surface area contributed by atoms with Gasteiger partial charge in [0, 0.05) is 6.42 Å². The Bertz CT molecular complexity index is 953. The molecule has 0 saturated heterocycles. The second-order valence-corrected chi connectivity index (χ2v) is 6.96. The standard InChI is InChI=1S/C22H22N2O2/c1-14-4-8-18(9-5-14)24-20-12-17(13-21(25)22(20)15(2)23-24)16-6-10-19(26-3)11-7-16/h4-11,17H,12-13H2,1-3H3/t17-/m1/s1. The molecule has 1 aromatic heterocycles. The third-order valence-electron chi connectivity index (χ3n) is 5.17. The topological polar surface area (TPSA) is 44.1 Å². The zero-order valence-electron chi connectivity index (χ0n) is 15.3. The maximum Gasteiger partial charge on any atom is 0.167 e.